The van der Waals surface area contributed by atoms with Gasteiger partial charge in [0.1, 0.15) is 11.9 Å². The van der Waals surface area contributed by atoms with Crippen LogP contribution in [-0.2, 0) is 6.54 Å². The van der Waals surface area contributed by atoms with E-state index < -0.39 is 11.9 Å². The summed E-state index contributed by atoms with van der Waals surface area (Å²) >= 11 is 0. The molecule has 0 atom stereocenters. The Balaban J connectivity index is 2.01. The molecule has 0 spiro atoms. The van der Waals surface area contributed by atoms with Crippen LogP contribution in [0.15, 0.2) is 18.2 Å². The van der Waals surface area contributed by atoms with Crippen LogP contribution < -0.4 is 5.32 Å². The number of hydrogen-bond acceptors (Lipinski definition) is 3. The Hall–Kier alpha value is -2.13. The number of rotatable bonds is 6. The van der Waals surface area contributed by atoms with Crippen molar-refractivity contribution in [2.45, 2.75) is 25.4 Å². The summed E-state index contributed by atoms with van der Waals surface area (Å²) in [6.45, 7) is 1.24. The summed E-state index contributed by atoms with van der Waals surface area (Å²) in [5.74, 6) is -0.480. The topological polar surface area (TPSA) is 76.4 Å². The molecule has 106 valence electrons. The van der Waals surface area contributed by atoms with Gasteiger partial charge in [0.15, 0.2) is 0 Å². The van der Waals surface area contributed by atoms with Gasteiger partial charge in [-0.2, -0.15) is 5.26 Å². The Morgan fingerprint density at radius 1 is 1.55 bits per heavy atom. The Kier molecular flexibility index (Phi) is 4.53. The SMILES string of the molecule is N#Cc1cccc(CN(CCNC(=O)O)C2CC2)c1F. The van der Waals surface area contributed by atoms with E-state index >= 15 is 0 Å². The van der Waals surface area contributed by atoms with Gasteiger partial charge in [-0.3, -0.25) is 4.90 Å². The lowest BCUT2D eigenvalue weighted by Crippen LogP contribution is -2.35. The Morgan fingerprint density at radius 2 is 2.30 bits per heavy atom. The molecular weight excluding hydrogens is 261 g/mol. The lowest BCUT2D eigenvalue weighted by molar-refractivity contribution is 0.189. The molecule has 1 aliphatic rings. The number of halogens is 1. The average molecular weight is 277 g/mol. The molecule has 0 heterocycles. The van der Waals surface area contributed by atoms with Crippen LogP contribution in [0.25, 0.3) is 0 Å². The number of benzene rings is 1. The van der Waals surface area contributed by atoms with E-state index in [1.165, 1.54) is 6.07 Å². The van der Waals surface area contributed by atoms with Gasteiger partial charge in [-0.05, 0) is 18.9 Å². The molecule has 2 rings (SSSR count). The first-order chi connectivity index (χ1) is 9.61. The van der Waals surface area contributed by atoms with E-state index in [1.54, 1.807) is 12.1 Å². The van der Waals surface area contributed by atoms with Crippen molar-refractivity contribution in [1.29, 1.82) is 5.26 Å². The zero-order valence-electron chi connectivity index (χ0n) is 11.0. The first-order valence-electron chi connectivity index (χ1n) is 6.50. The smallest absolute Gasteiger partial charge is 0.404 e. The molecule has 0 aromatic heterocycles. The second-order valence-electron chi connectivity index (χ2n) is 4.82. The summed E-state index contributed by atoms with van der Waals surface area (Å²) in [4.78, 5) is 12.5. The molecule has 1 aromatic rings. The van der Waals surface area contributed by atoms with Gasteiger partial charge < -0.3 is 10.4 Å². The Bertz CT molecular complexity index is 538. The van der Waals surface area contributed by atoms with Crippen LogP contribution in [0.3, 0.4) is 0 Å². The molecule has 2 N–H and O–H groups in total. The second kappa shape index (κ2) is 6.35. The van der Waals surface area contributed by atoms with Gasteiger partial charge in [0.25, 0.3) is 0 Å². The lowest BCUT2D eigenvalue weighted by atomic mass is 10.1. The third-order valence-electron chi connectivity index (χ3n) is 3.31. The van der Waals surface area contributed by atoms with Crippen LogP contribution in [0.1, 0.15) is 24.0 Å². The zero-order valence-corrected chi connectivity index (χ0v) is 11.0. The van der Waals surface area contributed by atoms with E-state index in [-0.39, 0.29) is 5.56 Å². The van der Waals surface area contributed by atoms with E-state index in [4.69, 9.17) is 10.4 Å². The van der Waals surface area contributed by atoms with Crippen LogP contribution >= 0.6 is 0 Å². The van der Waals surface area contributed by atoms with E-state index in [9.17, 15) is 9.18 Å². The van der Waals surface area contributed by atoms with E-state index in [0.717, 1.165) is 12.8 Å². The fourth-order valence-corrected chi connectivity index (χ4v) is 2.14. The number of carbonyl (C=O) groups is 1. The van der Waals surface area contributed by atoms with Crippen LogP contribution in [0, 0.1) is 17.1 Å². The fourth-order valence-electron chi connectivity index (χ4n) is 2.14. The van der Waals surface area contributed by atoms with Crippen molar-refractivity contribution in [3.8, 4) is 6.07 Å². The maximum absolute atomic E-state index is 14.0. The third-order valence-corrected chi connectivity index (χ3v) is 3.31. The number of hydrogen-bond donors (Lipinski definition) is 2. The van der Waals surface area contributed by atoms with Gasteiger partial charge in [0, 0.05) is 31.2 Å². The normalized spacial score (nSPS) is 14.1. The number of nitrogens with zero attached hydrogens (tertiary/aromatic N) is 2. The quantitative estimate of drug-likeness (QED) is 0.833. The van der Waals surface area contributed by atoms with Crippen LogP contribution in [0.2, 0.25) is 0 Å². The van der Waals surface area contributed by atoms with Crippen LogP contribution in [-0.4, -0.2) is 35.2 Å². The summed E-state index contributed by atoms with van der Waals surface area (Å²) < 4.78 is 14.0. The minimum Gasteiger partial charge on any atom is -0.465 e. The van der Waals surface area contributed by atoms with Gasteiger partial charge in [0.05, 0.1) is 5.56 Å². The van der Waals surface area contributed by atoms with Crippen molar-refractivity contribution in [2.24, 2.45) is 0 Å². The minimum absolute atomic E-state index is 0.0434. The van der Waals surface area contributed by atoms with Gasteiger partial charge in [-0.25, -0.2) is 9.18 Å². The molecule has 1 fully saturated rings. The summed E-state index contributed by atoms with van der Waals surface area (Å²) in [6.07, 6.45) is 1.04. The van der Waals surface area contributed by atoms with Gasteiger partial charge >= 0.3 is 6.09 Å². The second-order valence-corrected chi connectivity index (χ2v) is 4.82. The zero-order chi connectivity index (χ0) is 14.5. The summed E-state index contributed by atoms with van der Waals surface area (Å²) in [5, 5.41) is 19.7. The highest BCUT2D eigenvalue weighted by Crippen LogP contribution is 2.28. The maximum Gasteiger partial charge on any atom is 0.404 e. The van der Waals surface area contributed by atoms with Crippen molar-refractivity contribution in [3.63, 3.8) is 0 Å². The number of amides is 1. The van der Waals surface area contributed by atoms with Crippen molar-refractivity contribution >= 4 is 6.09 Å². The highest BCUT2D eigenvalue weighted by molar-refractivity contribution is 5.64. The molecule has 20 heavy (non-hydrogen) atoms. The molecule has 1 aromatic carbocycles. The van der Waals surface area contributed by atoms with Crippen LogP contribution in [0.4, 0.5) is 9.18 Å². The number of nitrogens with one attached hydrogen (secondary N) is 1. The number of carboxylic acid groups (broad SMARTS) is 1. The third kappa shape index (κ3) is 3.68. The largest absolute Gasteiger partial charge is 0.465 e. The predicted molar refractivity (Wildman–Crippen MR) is 70.6 cm³/mol. The lowest BCUT2D eigenvalue weighted by Gasteiger charge is -2.22. The van der Waals surface area contributed by atoms with E-state index in [1.807, 2.05) is 6.07 Å². The summed E-state index contributed by atoms with van der Waals surface area (Å²) in [5.41, 5.74) is 0.521. The Labute approximate surface area is 116 Å². The van der Waals surface area contributed by atoms with Crippen molar-refractivity contribution in [3.05, 3.63) is 35.1 Å². The predicted octanol–water partition coefficient (Wildman–Crippen LogP) is 1.93. The monoisotopic (exact) mass is 277 g/mol. The molecule has 5 nitrogen and oxygen atoms in total. The first kappa shape index (κ1) is 14.3. The highest BCUT2D eigenvalue weighted by Gasteiger charge is 2.29. The van der Waals surface area contributed by atoms with Gasteiger partial charge in [-0.1, -0.05) is 12.1 Å². The molecule has 0 aliphatic heterocycles. The standard InChI is InChI=1S/C14H16FN3O2/c15-13-10(8-16)2-1-3-11(13)9-18(12-4-5-12)7-6-17-14(19)20/h1-3,12,17H,4-7,9H2,(H,19,20). The van der Waals surface area contributed by atoms with Gasteiger partial charge in [-0.15, -0.1) is 0 Å². The van der Waals surface area contributed by atoms with Crippen molar-refractivity contribution < 1.29 is 14.3 Å². The maximum atomic E-state index is 14.0. The molecule has 0 bridgehead atoms. The van der Waals surface area contributed by atoms with E-state index in [0.29, 0.717) is 31.2 Å². The molecule has 0 radical (unpaired) electrons. The first-order valence-corrected chi connectivity index (χ1v) is 6.50. The molecule has 0 saturated heterocycles. The average Bonchev–Trinajstić information content (AvgIpc) is 3.23. The Morgan fingerprint density at radius 3 is 2.90 bits per heavy atom. The highest BCUT2D eigenvalue weighted by atomic mass is 19.1. The molecule has 0 unspecified atom stereocenters. The van der Waals surface area contributed by atoms with E-state index in [2.05, 4.69) is 10.2 Å². The van der Waals surface area contributed by atoms with Crippen LogP contribution in [0.5, 0.6) is 0 Å². The summed E-state index contributed by atoms with van der Waals surface area (Å²) in [7, 11) is 0. The fraction of sp³-hybridized carbons (Fsp3) is 0.429. The number of nitriles is 1. The molecule has 6 heteroatoms. The van der Waals surface area contributed by atoms with Crippen molar-refractivity contribution in [1.82, 2.24) is 10.2 Å². The molecule has 1 amide bonds. The van der Waals surface area contributed by atoms with Gasteiger partial charge in [0.2, 0.25) is 0 Å². The summed E-state index contributed by atoms with van der Waals surface area (Å²) in [6, 6.07) is 6.99. The molecular formula is C14H16FN3O2. The minimum atomic E-state index is -1.06. The van der Waals surface area contributed by atoms with Crippen molar-refractivity contribution in [2.75, 3.05) is 13.1 Å². The molecule has 1 saturated carbocycles. The molecule has 1 aliphatic carbocycles.